The van der Waals surface area contributed by atoms with Crippen LogP contribution in [0.5, 0.6) is 17.2 Å². The number of carbonyl (C=O) groups excluding carboxylic acids is 1. The highest BCUT2D eigenvalue weighted by Gasteiger charge is 2.17. The lowest BCUT2D eigenvalue weighted by Gasteiger charge is -2.20. The first-order valence-corrected chi connectivity index (χ1v) is 6.40. The number of ether oxygens (including phenoxy) is 4. The lowest BCUT2D eigenvalue weighted by atomic mass is 10.1. The van der Waals surface area contributed by atoms with E-state index in [-0.39, 0.29) is 0 Å². The minimum atomic E-state index is -0.781. The van der Waals surface area contributed by atoms with E-state index in [1.54, 1.807) is 18.2 Å². The number of benzene rings is 1. The van der Waals surface area contributed by atoms with E-state index in [2.05, 4.69) is 0 Å². The largest absolute Gasteiger partial charge is 0.493 e. The van der Waals surface area contributed by atoms with Gasteiger partial charge >= 0.3 is 5.97 Å². The molecule has 0 unspecified atom stereocenters. The van der Waals surface area contributed by atoms with Crippen molar-refractivity contribution in [1.82, 2.24) is 0 Å². The van der Waals surface area contributed by atoms with E-state index in [1.165, 1.54) is 20.1 Å². The van der Waals surface area contributed by atoms with Gasteiger partial charge < -0.3 is 18.9 Å². The van der Waals surface area contributed by atoms with Crippen molar-refractivity contribution in [3.05, 3.63) is 23.8 Å². The number of methoxy groups -OCH3 is 1. The molecule has 0 bridgehead atoms. The Bertz CT molecular complexity index is 586. The molecule has 1 aromatic rings. The average Bonchev–Trinajstić information content (AvgIpc) is 2.51. The van der Waals surface area contributed by atoms with Crippen molar-refractivity contribution in [2.75, 3.05) is 20.3 Å². The van der Waals surface area contributed by atoms with Crippen molar-refractivity contribution in [3.8, 4) is 23.3 Å². The van der Waals surface area contributed by atoms with Gasteiger partial charge in [0, 0.05) is 6.08 Å². The summed E-state index contributed by atoms with van der Waals surface area (Å²) in [6.07, 6.45) is 2.03. The highest BCUT2D eigenvalue weighted by molar-refractivity contribution is 5.87. The maximum Gasteiger partial charge on any atom is 0.332 e. The standard InChI is InChI=1S/C15H15NO5/c1-10(9-16)21-14(17)4-3-11-7-12(18-2)15-13(8-11)19-5-6-20-15/h3-4,7-8,10H,5-6H2,1-2H3/b4-3+/t10-/m0/s1. The Morgan fingerprint density at radius 3 is 2.90 bits per heavy atom. The van der Waals surface area contributed by atoms with Gasteiger partial charge in [-0.05, 0) is 30.7 Å². The Hall–Kier alpha value is -2.68. The minimum absolute atomic E-state index is 0.463. The Labute approximate surface area is 122 Å². The molecule has 1 aliphatic rings. The zero-order valence-electron chi connectivity index (χ0n) is 11.8. The van der Waals surface area contributed by atoms with Crippen LogP contribution in [0.25, 0.3) is 6.08 Å². The second-order valence-corrected chi connectivity index (χ2v) is 4.29. The molecule has 0 spiro atoms. The van der Waals surface area contributed by atoms with Gasteiger partial charge in [-0.2, -0.15) is 5.26 Å². The molecule has 110 valence electrons. The van der Waals surface area contributed by atoms with Crippen molar-refractivity contribution in [1.29, 1.82) is 5.26 Å². The average molecular weight is 289 g/mol. The zero-order chi connectivity index (χ0) is 15.2. The van der Waals surface area contributed by atoms with E-state index in [9.17, 15) is 4.79 Å². The predicted octanol–water partition coefficient (Wildman–Crippen LogP) is 1.93. The van der Waals surface area contributed by atoms with Crippen LogP contribution in [0.4, 0.5) is 0 Å². The van der Waals surface area contributed by atoms with Gasteiger partial charge in [-0.25, -0.2) is 4.79 Å². The highest BCUT2D eigenvalue weighted by atomic mass is 16.6. The quantitative estimate of drug-likeness (QED) is 0.622. The second kappa shape index (κ2) is 6.66. The van der Waals surface area contributed by atoms with E-state index in [4.69, 9.17) is 24.2 Å². The number of hydrogen-bond donors (Lipinski definition) is 0. The molecule has 0 saturated carbocycles. The van der Waals surface area contributed by atoms with Crippen molar-refractivity contribution in [2.45, 2.75) is 13.0 Å². The van der Waals surface area contributed by atoms with Gasteiger partial charge in [0.2, 0.25) is 5.75 Å². The molecule has 1 heterocycles. The fourth-order valence-corrected chi connectivity index (χ4v) is 1.79. The maximum absolute atomic E-state index is 11.5. The Balaban J connectivity index is 2.17. The first-order chi connectivity index (χ1) is 10.1. The van der Waals surface area contributed by atoms with Crippen LogP contribution in [0.3, 0.4) is 0 Å². The molecular formula is C15H15NO5. The molecule has 0 radical (unpaired) electrons. The first kappa shape index (κ1) is 14.7. The Morgan fingerprint density at radius 2 is 2.19 bits per heavy atom. The number of esters is 1. The van der Waals surface area contributed by atoms with Crippen molar-refractivity contribution >= 4 is 12.0 Å². The lowest BCUT2D eigenvalue weighted by molar-refractivity contribution is -0.139. The summed E-state index contributed by atoms with van der Waals surface area (Å²) in [7, 11) is 1.53. The molecule has 1 atom stereocenters. The lowest BCUT2D eigenvalue weighted by Crippen LogP contribution is -2.16. The molecule has 0 aliphatic carbocycles. The number of nitrogens with zero attached hydrogens (tertiary/aromatic N) is 1. The van der Waals surface area contributed by atoms with Crippen molar-refractivity contribution in [3.63, 3.8) is 0 Å². The van der Waals surface area contributed by atoms with Crippen LogP contribution in [0, 0.1) is 11.3 Å². The maximum atomic E-state index is 11.5. The summed E-state index contributed by atoms with van der Waals surface area (Å²) in [6, 6.07) is 5.29. The van der Waals surface area contributed by atoms with Crippen LogP contribution in [-0.4, -0.2) is 32.4 Å². The fraction of sp³-hybridized carbons (Fsp3) is 0.333. The Kier molecular flexibility index (Phi) is 4.67. The number of hydrogen-bond acceptors (Lipinski definition) is 6. The predicted molar refractivity (Wildman–Crippen MR) is 74.2 cm³/mol. The van der Waals surface area contributed by atoms with Crippen LogP contribution in [0.15, 0.2) is 18.2 Å². The molecule has 0 fully saturated rings. The number of fused-ring (bicyclic) bond motifs is 1. The summed E-state index contributed by atoms with van der Waals surface area (Å²) in [5.74, 6) is 1.07. The third kappa shape index (κ3) is 3.66. The molecule has 0 amide bonds. The number of nitriles is 1. The summed E-state index contributed by atoms with van der Waals surface area (Å²) in [4.78, 5) is 11.5. The van der Waals surface area contributed by atoms with E-state index >= 15 is 0 Å². The monoisotopic (exact) mass is 289 g/mol. The second-order valence-electron chi connectivity index (χ2n) is 4.29. The van der Waals surface area contributed by atoms with Crippen LogP contribution >= 0.6 is 0 Å². The van der Waals surface area contributed by atoms with Gasteiger partial charge in [0.05, 0.1) is 7.11 Å². The fourth-order valence-electron chi connectivity index (χ4n) is 1.79. The molecule has 6 nitrogen and oxygen atoms in total. The molecule has 0 aromatic heterocycles. The first-order valence-electron chi connectivity index (χ1n) is 6.40. The van der Waals surface area contributed by atoms with Gasteiger partial charge in [-0.1, -0.05) is 0 Å². The van der Waals surface area contributed by atoms with E-state index in [1.807, 2.05) is 6.07 Å². The third-order valence-corrected chi connectivity index (χ3v) is 2.74. The summed E-state index contributed by atoms with van der Waals surface area (Å²) >= 11 is 0. The van der Waals surface area contributed by atoms with Crippen LogP contribution in [0.2, 0.25) is 0 Å². The summed E-state index contributed by atoms with van der Waals surface area (Å²) in [5, 5.41) is 8.57. The van der Waals surface area contributed by atoms with Gasteiger partial charge in [-0.15, -0.1) is 0 Å². The van der Waals surface area contributed by atoms with Crippen molar-refractivity contribution in [2.24, 2.45) is 0 Å². The molecule has 1 aromatic carbocycles. The molecule has 0 N–H and O–H groups in total. The summed E-state index contributed by atoms with van der Waals surface area (Å²) in [6.45, 7) is 2.43. The number of carbonyl (C=O) groups is 1. The van der Waals surface area contributed by atoms with Gasteiger partial charge in [0.1, 0.15) is 19.3 Å². The minimum Gasteiger partial charge on any atom is -0.493 e. The van der Waals surface area contributed by atoms with E-state index in [0.717, 1.165) is 0 Å². The summed E-state index contributed by atoms with van der Waals surface area (Å²) in [5.41, 5.74) is 0.706. The van der Waals surface area contributed by atoms with Gasteiger partial charge in [0.25, 0.3) is 0 Å². The van der Waals surface area contributed by atoms with Crippen LogP contribution in [0.1, 0.15) is 12.5 Å². The highest BCUT2D eigenvalue weighted by Crippen LogP contribution is 2.40. The van der Waals surface area contributed by atoms with Gasteiger partial charge in [0.15, 0.2) is 17.6 Å². The van der Waals surface area contributed by atoms with E-state index < -0.39 is 12.1 Å². The van der Waals surface area contributed by atoms with Crippen molar-refractivity contribution < 1.29 is 23.7 Å². The van der Waals surface area contributed by atoms with Crippen LogP contribution < -0.4 is 14.2 Å². The molecule has 21 heavy (non-hydrogen) atoms. The third-order valence-electron chi connectivity index (χ3n) is 2.74. The number of rotatable bonds is 4. The van der Waals surface area contributed by atoms with E-state index in [0.29, 0.717) is 36.0 Å². The Morgan fingerprint density at radius 1 is 1.43 bits per heavy atom. The molecule has 6 heteroatoms. The smallest absolute Gasteiger partial charge is 0.332 e. The zero-order valence-corrected chi connectivity index (χ0v) is 11.8. The molecule has 1 aliphatic heterocycles. The topological polar surface area (TPSA) is 77.8 Å². The van der Waals surface area contributed by atoms with Gasteiger partial charge in [-0.3, -0.25) is 0 Å². The van der Waals surface area contributed by atoms with Crippen LogP contribution in [-0.2, 0) is 9.53 Å². The molecular weight excluding hydrogens is 274 g/mol. The normalized spacial score (nSPS) is 14.3. The SMILES string of the molecule is COc1cc(/C=C/C(=O)O[C@@H](C)C#N)cc2c1OCCO2. The molecule has 0 saturated heterocycles. The molecule has 2 rings (SSSR count). The summed E-state index contributed by atoms with van der Waals surface area (Å²) < 4.78 is 21.0.